The fraction of sp³-hybridized carbons (Fsp3) is 0.467. The molecule has 2 aromatic heterocycles. The Morgan fingerprint density at radius 3 is 2.95 bits per heavy atom. The van der Waals surface area contributed by atoms with Crippen LogP contribution in [0.1, 0.15) is 31.4 Å². The molecule has 0 saturated carbocycles. The summed E-state index contributed by atoms with van der Waals surface area (Å²) < 4.78 is 2.21. The first-order valence-corrected chi connectivity index (χ1v) is 7.22. The summed E-state index contributed by atoms with van der Waals surface area (Å²) in [6.45, 7) is 8.07. The van der Waals surface area contributed by atoms with Crippen molar-refractivity contribution in [2.75, 3.05) is 18.0 Å². The number of imidazole rings is 1. The van der Waals surface area contributed by atoms with Crippen LogP contribution in [0.4, 0.5) is 5.69 Å². The molecule has 1 aliphatic heterocycles. The Morgan fingerprint density at radius 1 is 1.30 bits per heavy atom. The number of aromatic nitrogens is 3. The van der Waals surface area contributed by atoms with E-state index in [4.69, 9.17) is 0 Å². The number of hydrogen-bond donors (Lipinski definition) is 1. The fourth-order valence-electron chi connectivity index (χ4n) is 2.65. The molecule has 3 rings (SSSR count). The van der Waals surface area contributed by atoms with Crippen LogP contribution in [-0.2, 0) is 13.1 Å². The average molecular weight is 271 g/mol. The molecule has 1 N–H and O–H groups in total. The van der Waals surface area contributed by atoms with Gasteiger partial charge in [0.2, 0.25) is 0 Å². The van der Waals surface area contributed by atoms with Crippen molar-refractivity contribution < 1.29 is 0 Å². The van der Waals surface area contributed by atoms with Crippen molar-refractivity contribution >= 4 is 5.69 Å². The first-order chi connectivity index (χ1) is 9.78. The number of nitrogens with one attached hydrogen (secondary N) is 1. The molecule has 0 saturated heterocycles. The summed E-state index contributed by atoms with van der Waals surface area (Å²) in [5.74, 6) is 1.13. The van der Waals surface area contributed by atoms with E-state index in [2.05, 4.69) is 50.7 Å². The van der Waals surface area contributed by atoms with Gasteiger partial charge in [0.05, 0.1) is 24.1 Å². The lowest BCUT2D eigenvalue weighted by atomic mass is 10.2. The van der Waals surface area contributed by atoms with Crippen molar-refractivity contribution in [1.29, 1.82) is 0 Å². The van der Waals surface area contributed by atoms with Gasteiger partial charge in [0.25, 0.3) is 0 Å². The predicted octanol–water partition coefficient (Wildman–Crippen LogP) is 1.97. The highest BCUT2D eigenvalue weighted by Crippen LogP contribution is 2.20. The van der Waals surface area contributed by atoms with Crippen LogP contribution in [0, 0.1) is 0 Å². The zero-order chi connectivity index (χ0) is 13.9. The second kappa shape index (κ2) is 5.63. The quantitative estimate of drug-likeness (QED) is 0.923. The summed E-state index contributed by atoms with van der Waals surface area (Å²) in [6, 6.07) is 4.58. The second-order valence-corrected chi connectivity index (χ2v) is 5.18. The molecule has 1 unspecified atom stereocenters. The molecule has 20 heavy (non-hydrogen) atoms. The molecule has 2 aromatic rings. The maximum atomic E-state index is 4.58. The van der Waals surface area contributed by atoms with Crippen LogP contribution in [0.2, 0.25) is 0 Å². The molecular weight excluding hydrogens is 250 g/mol. The van der Waals surface area contributed by atoms with Crippen molar-refractivity contribution in [3.05, 3.63) is 42.2 Å². The Balaban J connectivity index is 1.72. The molecule has 5 nitrogen and oxygen atoms in total. The Labute approximate surface area is 119 Å². The molecule has 0 amide bonds. The van der Waals surface area contributed by atoms with Crippen LogP contribution in [0.3, 0.4) is 0 Å². The van der Waals surface area contributed by atoms with E-state index in [9.17, 15) is 0 Å². The molecule has 0 aliphatic carbocycles. The van der Waals surface area contributed by atoms with Gasteiger partial charge in [0.15, 0.2) is 0 Å². The van der Waals surface area contributed by atoms with Crippen LogP contribution < -0.4 is 10.2 Å². The Morgan fingerprint density at radius 2 is 2.20 bits per heavy atom. The lowest BCUT2D eigenvalue weighted by molar-refractivity contribution is 0.558. The minimum Gasteiger partial charge on any atom is -0.361 e. The molecule has 3 heterocycles. The van der Waals surface area contributed by atoms with E-state index in [1.54, 1.807) is 0 Å². The Kier molecular flexibility index (Phi) is 3.69. The highest BCUT2D eigenvalue weighted by Gasteiger charge is 2.17. The number of pyridine rings is 1. The lowest BCUT2D eigenvalue weighted by Gasteiger charge is -2.29. The zero-order valence-corrected chi connectivity index (χ0v) is 12.1. The SMILES string of the molecule is CCNC(C)c1ccc(N2CCn3ccnc3C2)cn1. The molecule has 0 bridgehead atoms. The minimum atomic E-state index is 0.300. The third-order valence-corrected chi connectivity index (χ3v) is 3.83. The monoisotopic (exact) mass is 271 g/mol. The van der Waals surface area contributed by atoms with Crippen molar-refractivity contribution in [3.63, 3.8) is 0 Å². The summed E-state index contributed by atoms with van der Waals surface area (Å²) in [4.78, 5) is 11.3. The van der Waals surface area contributed by atoms with E-state index in [1.165, 1.54) is 5.69 Å². The van der Waals surface area contributed by atoms with Crippen molar-refractivity contribution in [2.24, 2.45) is 0 Å². The smallest absolute Gasteiger partial charge is 0.128 e. The highest BCUT2D eigenvalue weighted by atomic mass is 15.2. The minimum absolute atomic E-state index is 0.300. The molecule has 0 aromatic carbocycles. The van der Waals surface area contributed by atoms with Crippen molar-refractivity contribution in [2.45, 2.75) is 33.0 Å². The average Bonchev–Trinajstić information content (AvgIpc) is 2.95. The summed E-state index contributed by atoms with van der Waals surface area (Å²) in [6.07, 6.45) is 5.90. The molecule has 1 aliphatic rings. The van der Waals surface area contributed by atoms with Gasteiger partial charge in [-0.25, -0.2) is 4.98 Å². The van der Waals surface area contributed by atoms with E-state index >= 15 is 0 Å². The van der Waals surface area contributed by atoms with Gasteiger partial charge >= 0.3 is 0 Å². The molecule has 0 spiro atoms. The maximum absolute atomic E-state index is 4.58. The normalized spacial score (nSPS) is 16.0. The maximum Gasteiger partial charge on any atom is 0.128 e. The van der Waals surface area contributed by atoms with Gasteiger partial charge in [-0.15, -0.1) is 0 Å². The van der Waals surface area contributed by atoms with E-state index < -0.39 is 0 Å². The van der Waals surface area contributed by atoms with Gasteiger partial charge in [0.1, 0.15) is 5.82 Å². The van der Waals surface area contributed by atoms with Gasteiger partial charge in [-0.3, -0.25) is 4.98 Å². The molecule has 0 radical (unpaired) electrons. The van der Waals surface area contributed by atoms with Crippen molar-refractivity contribution in [1.82, 2.24) is 19.9 Å². The first-order valence-electron chi connectivity index (χ1n) is 7.22. The largest absolute Gasteiger partial charge is 0.361 e. The number of nitrogens with zero attached hydrogens (tertiary/aromatic N) is 4. The molecular formula is C15H21N5. The summed E-state index contributed by atoms with van der Waals surface area (Å²) in [7, 11) is 0. The standard InChI is InChI=1S/C15H21N5/c1-3-16-12(2)14-5-4-13(10-18-14)20-9-8-19-7-6-17-15(19)11-20/h4-7,10,12,16H,3,8-9,11H2,1-2H3. The van der Waals surface area contributed by atoms with Gasteiger partial charge in [0, 0.05) is 31.5 Å². The number of anilines is 1. The van der Waals surface area contributed by atoms with Crippen LogP contribution >= 0.6 is 0 Å². The zero-order valence-electron chi connectivity index (χ0n) is 12.1. The van der Waals surface area contributed by atoms with Crippen LogP contribution in [0.25, 0.3) is 0 Å². The highest BCUT2D eigenvalue weighted by molar-refractivity contribution is 5.45. The third kappa shape index (κ3) is 2.54. The number of hydrogen-bond acceptors (Lipinski definition) is 4. The molecule has 106 valence electrons. The molecule has 1 atom stereocenters. The number of rotatable bonds is 4. The summed E-state index contributed by atoms with van der Waals surface area (Å²) in [5.41, 5.74) is 2.26. The van der Waals surface area contributed by atoms with Gasteiger partial charge in [-0.2, -0.15) is 0 Å². The Bertz CT molecular complexity index is 560. The Hall–Kier alpha value is -1.88. The summed E-state index contributed by atoms with van der Waals surface area (Å²) in [5, 5.41) is 3.38. The van der Waals surface area contributed by atoms with Gasteiger partial charge in [-0.1, -0.05) is 6.92 Å². The third-order valence-electron chi connectivity index (χ3n) is 3.83. The van der Waals surface area contributed by atoms with E-state index in [1.807, 2.05) is 18.6 Å². The number of fused-ring (bicyclic) bond motifs is 1. The molecule has 0 fully saturated rings. The van der Waals surface area contributed by atoms with Crippen LogP contribution in [-0.4, -0.2) is 27.6 Å². The van der Waals surface area contributed by atoms with Crippen molar-refractivity contribution in [3.8, 4) is 0 Å². The summed E-state index contributed by atoms with van der Waals surface area (Å²) >= 11 is 0. The lowest BCUT2D eigenvalue weighted by Crippen LogP contribution is -2.33. The first kappa shape index (κ1) is 13.1. The topological polar surface area (TPSA) is 46.0 Å². The fourth-order valence-corrected chi connectivity index (χ4v) is 2.65. The second-order valence-electron chi connectivity index (χ2n) is 5.18. The van der Waals surface area contributed by atoms with Crippen LogP contribution in [0.15, 0.2) is 30.7 Å². The van der Waals surface area contributed by atoms with E-state index in [-0.39, 0.29) is 0 Å². The van der Waals surface area contributed by atoms with Crippen LogP contribution in [0.5, 0.6) is 0 Å². The van der Waals surface area contributed by atoms with Gasteiger partial charge < -0.3 is 14.8 Å². The predicted molar refractivity (Wildman–Crippen MR) is 79.6 cm³/mol. The van der Waals surface area contributed by atoms with E-state index in [0.717, 1.165) is 37.7 Å². The van der Waals surface area contributed by atoms with E-state index in [0.29, 0.717) is 6.04 Å². The molecule has 5 heteroatoms. The van der Waals surface area contributed by atoms with Gasteiger partial charge in [-0.05, 0) is 25.6 Å².